The number of ether oxygens (including phenoxy) is 1. The van der Waals surface area contributed by atoms with Gasteiger partial charge >= 0.3 is 18.0 Å². The van der Waals surface area contributed by atoms with Crippen molar-refractivity contribution >= 4 is 23.7 Å². The Morgan fingerprint density at radius 2 is 2.10 bits per heavy atom. The fourth-order valence-corrected chi connectivity index (χ4v) is 1.31. The standard InChI is InChI=1S/C12H15N3O5/c1-20-11(18)4-5-13-12(19)15-9-3-2-8(14-7-9)6-10(16)17/h2-3,7H,4-6H2,1H3,(H,16,17)(H2,13,15,19). The van der Waals surface area contributed by atoms with E-state index in [1.54, 1.807) is 6.07 Å². The minimum Gasteiger partial charge on any atom is -0.481 e. The first-order valence-electron chi connectivity index (χ1n) is 5.79. The molecule has 8 heteroatoms. The van der Waals surface area contributed by atoms with Gasteiger partial charge in [-0.25, -0.2) is 4.79 Å². The lowest BCUT2D eigenvalue weighted by Gasteiger charge is -2.07. The molecular weight excluding hydrogens is 266 g/mol. The Morgan fingerprint density at radius 3 is 2.65 bits per heavy atom. The van der Waals surface area contributed by atoms with Crippen LogP contribution in [-0.2, 0) is 20.7 Å². The molecule has 0 saturated heterocycles. The van der Waals surface area contributed by atoms with Crippen molar-refractivity contribution in [2.24, 2.45) is 0 Å². The van der Waals surface area contributed by atoms with E-state index in [2.05, 4.69) is 20.4 Å². The van der Waals surface area contributed by atoms with Gasteiger partial charge in [-0.1, -0.05) is 0 Å². The highest BCUT2D eigenvalue weighted by Crippen LogP contribution is 2.06. The van der Waals surface area contributed by atoms with Gasteiger partial charge in [0.1, 0.15) is 0 Å². The van der Waals surface area contributed by atoms with Gasteiger partial charge in [0.15, 0.2) is 0 Å². The third kappa shape index (κ3) is 5.80. The summed E-state index contributed by atoms with van der Waals surface area (Å²) in [4.78, 5) is 36.6. The Labute approximate surface area is 115 Å². The molecule has 0 atom stereocenters. The summed E-state index contributed by atoms with van der Waals surface area (Å²) in [5.74, 6) is -1.39. The zero-order valence-electron chi connectivity index (χ0n) is 10.9. The number of nitrogens with one attached hydrogen (secondary N) is 2. The lowest BCUT2D eigenvalue weighted by molar-refractivity contribution is -0.140. The molecule has 20 heavy (non-hydrogen) atoms. The van der Waals surface area contributed by atoms with E-state index in [0.717, 1.165) is 0 Å². The number of nitrogens with zero attached hydrogens (tertiary/aromatic N) is 1. The van der Waals surface area contributed by atoms with Crippen molar-refractivity contribution in [1.29, 1.82) is 0 Å². The van der Waals surface area contributed by atoms with Crippen LogP contribution in [0, 0.1) is 0 Å². The van der Waals surface area contributed by atoms with Gasteiger partial charge in [0.25, 0.3) is 0 Å². The van der Waals surface area contributed by atoms with Gasteiger partial charge in [0.05, 0.1) is 37.5 Å². The largest absolute Gasteiger partial charge is 0.481 e. The molecular formula is C12H15N3O5. The van der Waals surface area contributed by atoms with E-state index >= 15 is 0 Å². The monoisotopic (exact) mass is 281 g/mol. The molecule has 0 saturated carbocycles. The van der Waals surface area contributed by atoms with Crippen LogP contribution in [0.3, 0.4) is 0 Å². The maximum absolute atomic E-state index is 11.4. The molecule has 0 aromatic carbocycles. The highest BCUT2D eigenvalue weighted by Gasteiger charge is 2.05. The smallest absolute Gasteiger partial charge is 0.319 e. The zero-order chi connectivity index (χ0) is 15.0. The number of anilines is 1. The van der Waals surface area contributed by atoms with Crippen molar-refractivity contribution in [3.05, 3.63) is 24.0 Å². The van der Waals surface area contributed by atoms with Crippen LogP contribution in [0.15, 0.2) is 18.3 Å². The Kier molecular flexibility index (Phi) is 5.95. The predicted octanol–water partition coefficient (Wildman–Crippen LogP) is 0.393. The predicted molar refractivity (Wildman–Crippen MR) is 69.2 cm³/mol. The number of hydrogen-bond donors (Lipinski definition) is 3. The summed E-state index contributed by atoms with van der Waals surface area (Å²) in [6, 6.07) is 2.57. The number of carbonyl (C=O) groups excluding carboxylic acids is 2. The molecule has 3 N–H and O–H groups in total. The quantitative estimate of drug-likeness (QED) is 0.649. The van der Waals surface area contributed by atoms with Crippen molar-refractivity contribution in [3.63, 3.8) is 0 Å². The molecule has 1 heterocycles. The van der Waals surface area contributed by atoms with E-state index in [9.17, 15) is 14.4 Å². The first kappa shape index (κ1) is 15.4. The molecule has 0 aliphatic rings. The topological polar surface area (TPSA) is 118 Å². The van der Waals surface area contributed by atoms with Crippen LogP contribution in [0.2, 0.25) is 0 Å². The van der Waals surface area contributed by atoms with Gasteiger partial charge in [-0.3, -0.25) is 14.6 Å². The Morgan fingerprint density at radius 1 is 1.35 bits per heavy atom. The van der Waals surface area contributed by atoms with Crippen LogP contribution in [-0.4, -0.2) is 41.7 Å². The second kappa shape index (κ2) is 7.72. The highest BCUT2D eigenvalue weighted by atomic mass is 16.5. The molecule has 108 valence electrons. The lowest BCUT2D eigenvalue weighted by Crippen LogP contribution is -2.30. The summed E-state index contributed by atoms with van der Waals surface area (Å²) in [6.07, 6.45) is 1.27. The second-order valence-corrected chi connectivity index (χ2v) is 3.82. The number of carboxylic acid groups (broad SMARTS) is 1. The van der Waals surface area contributed by atoms with E-state index < -0.39 is 18.0 Å². The molecule has 0 unspecified atom stereocenters. The Balaban J connectivity index is 2.38. The summed E-state index contributed by atoms with van der Waals surface area (Å²) in [7, 11) is 1.27. The van der Waals surface area contributed by atoms with Gasteiger partial charge in [-0.05, 0) is 12.1 Å². The minimum absolute atomic E-state index is 0.0831. The molecule has 1 aromatic rings. The summed E-state index contributed by atoms with van der Waals surface area (Å²) < 4.78 is 4.43. The minimum atomic E-state index is -0.973. The third-order valence-corrected chi connectivity index (χ3v) is 2.26. The molecule has 1 aromatic heterocycles. The molecule has 2 amide bonds. The van der Waals surface area contributed by atoms with Gasteiger partial charge in [-0.15, -0.1) is 0 Å². The molecule has 0 fully saturated rings. The summed E-state index contributed by atoms with van der Waals surface area (Å²) in [6.45, 7) is 0.156. The molecule has 1 rings (SSSR count). The number of carbonyl (C=O) groups is 3. The van der Waals surface area contributed by atoms with Crippen LogP contribution >= 0.6 is 0 Å². The number of hydrogen-bond acceptors (Lipinski definition) is 5. The number of esters is 1. The van der Waals surface area contributed by atoms with Crippen molar-refractivity contribution < 1.29 is 24.2 Å². The van der Waals surface area contributed by atoms with Gasteiger partial charge < -0.3 is 20.5 Å². The zero-order valence-corrected chi connectivity index (χ0v) is 10.9. The first-order valence-corrected chi connectivity index (χ1v) is 5.79. The van der Waals surface area contributed by atoms with E-state index in [1.807, 2.05) is 0 Å². The highest BCUT2D eigenvalue weighted by molar-refractivity contribution is 5.89. The van der Waals surface area contributed by atoms with Crippen LogP contribution in [0.25, 0.3) is 0 Å². The first-order chi connectivity index (χ1) is 9.51. The SMILES string of the molecule is COC(=O)CCNC(=O)Nc1ccc(CC(=O)O)nc1. The van der Waals surface area contributed by atoms with E-state index in [1.165, 1.54) is 19.4 Å². The molecule has 8 nitrogen and oxygen atoms in total. The number of aromatic nitrogens is 1. The van der Waals surface area contributed by atoms with Crippen molar-refractivity contribution in [1.82, 2.24) is 10.3 Å². The van der Waals surface area contributed by atoms with Crippen molar-refractivity contribution in [2.75, 3.05) is 19.0 Å². The number of amides is 2. The van der Waals surface area contributed by atoms with E-state index in [0.29, 0.717) is 11.4 Å². The third-order valence-electron chi connectivity index (χ3n) is 2.26. The molecule has 0 aliphatic carbocycles. The maximum Gasteiger partial charge on any atom is 0.319 e. The summed E-state index contributed by atoms with van der Waals surface area (Å²) in [5.41, 5.74) is 0.823. The fourth-order valence-electron chi connectivity index (χ4n) is 1.31. The Hall–Kier alpha value is -2.64. The fraction of sp³-hybridized carbons (Fsp3) is 0.333. The number of rotatable bonds is 6. The Bertz CT molecular complexity index is 486. The lowest BCUT2D eigenvalue weighted by atomic mass is 10.2. The number of methoxy groups -OCH3 is 1. The van der Waals surface area contributed by atoms with Crippen LogP contribution < -0.4 is 10.6 Å². The summed E-state index contributed by atoms with van der Waals surface area (Å²) >= 11 is 0. The van der Waals surface area contributed by atoms with Crippen LogP contribution in [0.5, 0.6) is 0 Å². The number of pyridine rings is 1. The molecule has 0 radical (unpaired) electrons. The van der Waals surface area contributed by atoms with E-state index in [-0.39, 0.29) is 19.4 Å². The van der Waals surface area contributed by atoms with Gasteiger partial charge in [-0.2, -0.15) is 0 Å². The number of urea groups is 1. The normalized spacial score (nSPS) is 9.65. The van der Waals surface area contributed by atoms with Gasteiger partial charge in [0, 0.05) is 6.54 Å². The van der Waals surface area contributed by atoms with Crippen molar-refractivity contribution in [2.45, 2.75) is 12.8 Å². The summed E-state index contributed by atoms with van der Waals surface area (Å²) in [5, 5.41) is 13.6. The second-order valence-electron chi connectivity index (χ2n) is 3.82. The molecule has 0 bridgehead atoms. The van der Waals surface area contributed by atoms with Crippen LogP contribution in [0.1, 0.15) is 12.1 Å². The van der Waals surface area contributed by atoms with Crippen LogP contribution in [0.4, 0.5) is 10.5 Å². The number of carboxylic acids is 1. The maximum atomic E-state index is 11.4. The molecule has 0 aliphatic heterocycles. The molecule has 0 spiro atoms. The van der Waals surface area contributed by atoms with Gasteiger partial charge in [0.2, 0.25) is 0 Å². The van der Waals surface area contributed by atoms with Crippen molar-refractivity contribution in [3.8, 4) is 0 Å². The number of aliphatic carboxylic acids is 1. The average molecular weight is 281 g/mol. The average Bonchev–Trinajstić information content (AvgIpc) is 2.40. The van der Waals surface area contributed by atoms with E-state index in [4.69, 9.17) is 5.11 Å².